The van der Waals surface area contributed by atoms with E-state index >= 15 is 0 Å². The van der Waals surface area contributed by atoms with E-state index in [4.69, 9.17) is 14.2 Å². The fraction of sp³-hybridized carbons (Fsp3) is 0.318. The van der Waals surface area contributed by atoms with E-state index in [-0.39, 0.29) is 40.7 Å². The van der Waals surface area contributed by atoms with Crippen LogP contribution < -0.4 is 0 Å². The van der Waals surface area contributed by atoms with Gasteiger partial charge in [-0.3, -0.25) is 0 Å². The number of aromatic carboxylic acids is 1. The minimum atomic E-state index is -4.14. The first kappa shape index (κ1) is 45.1. The summed E-state index contributed by atoms with van der Waals surface area (Å²) >= 11 is 6.95. The number of aromatic amines is 1. The van der Waals surface area contributed by atoms with Gasteiger partial charge in [0, 0.05) is 38.5 Å². The molecule has 0 radical (unpaired) electrons. The normalized spacial score (nSPS) is 14.4. The van der Waals surface area contributed by atoms with Crippen LogP contribution in [0.1, 0.15) is 79.2 Å². The van der Waals surface area contributed by atoms with Gasteiger partial charge in [0.15, 0.2) is 0 Å². The molecule has 0 unspecified atom stereocenters. The molecule has 322 valence electrons. The van der Waals surface area contributed by atoms with Crippen LogP contribution >= 0.6 is 31.9 Å². The largest absolute Gasteiger partial charge is 0.478 e. The second-order valence-electron chi connectivity index (χ2n) is 16.5. The fourth-order valence-corrected chi connectivity index (χ4v) is 9.21. The van der Waals surface area contributed by atoms with Gasteiger partial charge in [0.1, 0.15) is 11.2 Å². The molecule has 0 bridgehead atoms. The molecule has 0 saturated carbocycles. The number of halogens is 2. The molecule has 0 atom stereocenters. The number of carboxylic acid groups (broad SMARTS) is 1. The number of benzene rings is 3. The van der Waals surface area contributed by atoms with Gasteiger partial charge in [0.25, 0.3) is 10.0 Å². The third-order valence-corrected chi connectivity index (χ3v) is 12.7. The summed E-state index contributed by atoms with van der Waals surface area (Å²) in [6.07, 6.45) is 2.89. The van der Waals surface area contributed by atoms with Gasteiger partial charge in [0.2, 0.25) is 0 Å². The zero-order valence-electron chi connectivity index (χ0n) is 34.9. The number of hydrogen-bond donors (Lipinski definition) is 2. The highest BCUT2D eigenvalue weighted by molar-refractivity contribution is 9.11. The molecule has 0 fully saturated rings. The number of methoxy groups -OCH3 is 1. The van der Waals surface area contributed by atoms with Crippen molar-refractivity contribution >= 4 is 99.0 Å². The van der Waals surface area contributed by atoms with Gasteiger partial charge in [-0.1, -0.05) is 61.7 Å². The van der Waals surface area contributed by atoms with E-state index in [0.29, 0.717) is 39.7 Å². The quantitative estimate of drug-likeness (QED) is 0.123. The molecule has 14 nitrogen and oxygen atoms in total. The summed E-state index contributed by atoms with van der Waals surface area (Å²) in [5.74, 6) is -1.64. The zero-order valence-corrected chi connectivity index (χ0v) is 38.9. The van der Waals surface area contributed by atoms with E-state index in [9.17, 15) is 32.7 Å². The Kier molecular flexibility index (Phi) is 12.7. The highest BCUT2D eigenvalue weighted by atomic mass is 79.9. The molecule has 0 spiro atoms. The molecule has 3 aromatic carbocycles. The van der Waals surface area contributed by atoms with Crippen molar-refractivity contribution in [2.75, 3.05) is 33.3 Å². The molecule has 17 heteroatoms. The molecule has 2 N–H and O–H groups in total. The zero-order chi connectivity index (χ0) is 44.8. The lowest BCUT2D eigenvalue weighted by Gasteiger charge is -2.24. The molecule has 4 heterocycles. The van der Waals surface area contributed by atoms with Gasteiger partial charge in [0.05, 0.1) is 52.9 Å². The second-order valence-corrected chi connectivity index (χ2v) is 20.0. The topological polar surface area (TPSA) is 178 Å². The Morgan fingerprint density at radius 3 is 1.80 bits per heavy atom. The molecule has 2 amide bonds. The summed E-state index contributed by atoms with van der Waals surface area (Å²) in [4.78, 5) is 55.3. The van der Waals surface area contributed by atoms with Crippen molar-refractivity contribution in [3.05, 3.63) is 110 Å². The van der Waals surface area contributed by atoms with Crippen molar-refractivity contribution < 1.29 is 46.9 Å². The van der Waals surface area contributed by atoms with Gasteiger partial charge in [-0.05, 0) is 108 Å². The maximum atomic E-state index is 14.0. The number of aryl methyl sites for hydroxylation is 1. The summed E-state index contributed by atoms with van der Waals surface area (Å²) < 4.78 is 46.5. The lowest BCUT2D eigenvalue weighted by atomic mass is 10.1. The first-order valence-electron chi connectivity index (χ1n) is 19.1. The van der Waals surface area contributed by atoms with Crippen molar-refractivity contribution in [2.24, 2.45) is 0 Å². The SMILES string of the molecule is CC(C)(C)OC(=O)N1CC=C(c2cc3c(Br)ccc(C(=O)O)c3[nH]2)C1.COC(=O)c1ccc(Br)c2cc(C3=CCN(C(=O)OC(C)(C)C)C3)n(S(=O)(=O)c3ccc(C)cc3)c12. The predicted molar refractivity (Wildman–Crippen MR) is 239 cm³/mol. The number of carbonyl (C=O) groups is 4. The number of ether oxygens (including phenoxy) is 3. The average molecular weight is 983 g/mol. The van der Waals surface area contributed by atoms with E-state index in [1.165, 1.54) is 34.2 Å². The molecule has 5 aromatic rings. The Bertz CT molecular complexity index is 2760. The van der Waals surface area contributed by atoms with E-state index in [0.717, 1.165) is 26.7 Å². The highest BCUT2D eigenvalue weighted by Crippen LogP contribution is 2.38. The van der Waals surface area contributed by atoms with Gasteiger partial charge in [-0.15, -0.1) is 0 Å². The van der Waals surface area contributed by atoms with Crippen LogP contribution in [-0.2, 0) is 24.2 Å². The first-order chi connectivity index (χ1) is 28.5. The Morgan fingerprint density at radius 1 is 0.738 bits per heavy atom. The molecule has 0 aliphatic carbocycles. The van der Waals surface area contributed by atoms with E-state index in [1.54, 1.807) is 68.1 Å². The van der Waals surface area contributed by atoms with Gasteiger partial charge < -0.3 is 34.1 Å². The van der Waals surface area contributed by atoms with Crippen molar-refractivity contribution in [1.29, 1.82) is 0 Å². The number of aromatic nitrogens is 2. The van der Waals surface area contributed by atoms with Crippen LogP contribution in [0.3, 0.4) is 0 Å². The van der Waals surface area contributed by atoms with E-state index in [2.05, 4.69) is 36.8 Å². The van der Waals surface area contributed by atoms with Crippen LogP contribution in [0.4, 0.5) is 9.59 Å². The number of fused-ring (bicyclic) bond motifs is 2. The van der Waals surface area contributed by atoms with Gasteiger partial charge >= 0.3 is 24.1 Å². The number of carbonyl (C=O) groups excluding carboxylic acids is 3. The Hall–Kier alpha value is -5.39. The monoisotopic (exact) mass is 980 g/mol. The number of H-pyrrole nitrogens is 1. The maximum absolute atomic E-state index is 14.0. The van der Waals surface area contributed by atoms with Gasteiger partial charge in [-0.25, -0.2) is 31.6 Å². The van der Waals surface area contributed by atoms with Crippen molar-refractivity contribution in [3.63, 3.8) is 0 Å². The number of rotatable bonds is 6. The Morgan fingerprint density at radius 2 is 1.26 bits per heavy atom. The maximum Gasteiger partial charge on any atom is 0.410 e. The molecule has 7 rings (SSSR count). The lowest BCUT2D eigenvalue weighted by Crippen LogP contribution is -2.35. The molecule has 2 aliphatic heterocycles. The van der Waals surface area contributed by atoms with E-state index in [1.807, 2.05) is 39.8 Å². The predicted octanol–water partition coefficient (Wildman–Crippen LogP) is 9.63. The number of hydrogen-bond acceptors (Lipinski definition) is 9. The molecular formula is C44H46Br2N4O10S. The fourth-order valence-electron chi connectivity index (χ4n) is 6.78. The number of carboxylic acids is 1. The van der Waals surface area contributed by atoms with Crippen molar-refractivity contribution in [3.8, 4) is 0 Å². The summed E-state index contributed by atoms with van der Waals surface area (Å²) in [7, 11) is -2.89. The van der Waals surface area contributed by atoms with Crippen LogP contribution in [0.2, 0.25) is 0 Å². The average Bonchev–Trinajstić information content (AvgIpc) is 3.99. The molecule has 61 heavy (non-hydrogen) atoms. The summed E-state index contributed by atoms with van der Waals surface area (Å²) in [6.45, 7) is 14.0. The van der Waals surface area contributed by atoms with Gasteiger partial charge in [-0.2, -0.15) is 0 Å². The summed E-state index contributed by atoms with van der Waals surface area (Å²) in [6, 6.07) is 16.6. The third kappa shape index (κ3) is 9.73. The number of nitrogens with zero attached hydrogens (tertiary/aromatic N) is 3. The van der Waals surface area contributed by atoms with Crippen LogP contribution in [0, 0.1) is 6.92 Å². The number of esters is 1. The number of amides is 2. The Labute approximate surface area is 370 Å². The lowest BCUT2D eigenvalue weighted by molar-refractivity contribution is 0.0295. The smallest absolute Gasteiger partial charge is 0.410 e. The van der Waals surface area contributed by atoms with E-state index < -0.39 is 39.3 Å². The van der Waals surface area contributed by atoms with Crippen molar-refractivity contribution in [2.45, 2.75) is 64.6 Å². The first-order valence-corrected chi connectivity index (χ1v) is 22.2. The number of nitrogens with one attached hydrogen (secondary N) is 1. The van der Waals surface area contributed by atoms with Crippen LogP contribution in [0.5, 0.6) is 0 Å². The van der Waals surface area contributed by atoms with Crippen LogP contribution in [0.15, 0.2) is 86.7 Å². The summed E-state index contributed by atoms with van der Waals surface area (Å²) in [5.41, 5.74) is 3.51. The molecular weight excluding hydrogens is 936 g/mol. The second kappa shape index (κ2) is 17.2. The molecule has 2 aliphatic rings. The third-order valence-electron chi connectivity index (χ3n) is 9.62. The van der Waals surface area contributed by atoms with Crippen molar-refractivity contribution in [1.82, 2.24) is 18.8 Å². The highest BCUT2D eigenvalue weighted by Gasteiger charge is 2.33. The standard InChI is InChI=1S/C26H27BrN2O6S.C18H19BrN2O4/c1-16-6-8-18(9-7-16)36(32,33)29-22(17-12-13-28(15-17)25(31)35-26(2,3)4)14-20-21(27)11-10-19(23(20)29)24(30)34-5;1-18(2,3)25-17(24)21-7-6-10(9-21)14-8-12-13(19)5-4-11(16(22)23)15(12)20-14/h6-12,14H,13,15H2,1-5H3;4-6,8,20H,7,9H2,1-3H3,(H,22,23). The van der Waals surface area contributed by atoms with Crippen LogP contribution in [-0.4, -0.2) is 101 Å². The molecule has 0 saturated heterocycles. The summed E-state index contributed by atoms with van der Waals surface area (Å²) in [5, 5.41) is 10.7. The Balaban J connectivity index is 0.000000218. The minimum Gasteiger partial charge on any atom is -0.478 e. The molecule has 2 aromatic heterocycles. The minimum absolute atomic E-state index is 0.0743. The van der Waals surface area contributed by atoms with Crippen LogP contribution in [0.25, 0.3) is 33.0 Å².